The molecule has 2 N–H and O–H groups in total. The third-order valence-electron chi connectivity index (χ3n) is 4.69. The first-order valence-corrected chi connectivity index (χ1v) is 7.86. The molecule has 0 spiro atoms. The molecular formula is C15H28N2O2. The van der Waals surface area contributed by atoms with Crippen molar-refractivity contribution < 1.29 is 9.90 Å². The zero-order chi connectivity index (χ0) is 13.7. The minimum atomic E-state index is -0.0590. The molecule has 1 aliphatic heterocycles. The number of nitrogens with one attached hydrogen (secondary N) is 1. The first-order valence-electron chi connectivity index (χ1n) is 7.86. The molecule has 2 atom stereocenters. The summed E-state index contributed by atoms with van der Waals surface area (Å²) in [4.78, 5) is 14.5. The Labute approximate surface area is 116 Å². The maximum absolute atomic E-state index is 12.3. The highest BCUT2D eigenvalue weighted by atomic mass is 16.3. The first kappa shape index (κ1) is 14.8. The third-order valence-corrected chi connectivity index (χ3v) is 4.69. The van der Waals surface area contributed by atoms with Crippen LogP contribution in [0.5, 0.6) is 0 Å². The lowest BCUT2D eigenvalue weighted by Gasteiger charge is -2.36. The van der Waals surface area contributed by atoms with Crippen molar-refractivity contribution in [2.75, 3.05) is 19.7 Å². The molecule has 2 fully saturated rings. The largest absolute Gasteiger partial charge is 0.396 e. The van der Waals surface area contributed by atoms with Gasteiger partial charge >= 0.3 is 0 Å². The van der Waals surface area contributed by atoms with Gasteiger partial charge in [0.2, 0.25) is 5.91 Å². The minimum Gasteiger partial charge on any atom is -0.396 e. The van der Waals surface area contributed by atoms with Crippen molar-refractivity contribution in [3.8, 4) is 0 Å². The average molecular weight is 268 g/mol. The van der Waals surface area contributed by atoms with E-state index in [-0.39, 0.29) is 18.6 Å². The number of rotatable bonds is 4. The highest BCUT2D eigenvalue weighted by Crippen LogP contribution is 2.20. The average Bonchev–Trinajstić information content (AvgIpc) is 2.47. The van der Waals surface area contributed by atoms with Crippen LogP contribution in [0.3, 0.4) is 0 Å². The monoisotopic (exact) mass is 268 g/mol. The number of hydrogen-bond donors (Lipinski definition) is 2. The van der Waals surface area contributed by atoms with Crippen molar-refractivity contribution in [1.29, 1.82) is 0 Å². The topological polar surface area (TPSA) is 52.6 Å². The number of nitrogens with zero attached hydrogens (tertiary/aromatic N) is 1. The van der Waals surface area contributed by atoms with Crippen LogP contribution in [-0.4, -0.2) is 47.7 Å². The number of likely N-dealkylation sites (tertiary alicyclic amines) is 1. The summed E-state index contributed by atoms with van der Waals surface area (Å²) in [7, 11) is 0. The summed E-state index contributed by atoms with van der Waals surface area (Å²) in [5.41, 5.74) is 0. The molecule has 110 valence electrons. The summed E-state index contributed by atoms with van der Waals surface area (Å²) in [5, 5.41) is 12.5. The van der Waals surface area contributed by atoms with Gasteiger partial charge in [0.05, 0.1) is 6.04 Å². The molecule has 0 aromatic carbocycles. The molecule has 0 aromatic rings. The maximum atomic E-state index is 12.3. The number of carbonyl (C=O) groups is 1. The smallest absolute Gasteiger partial charge is 0.237 e. The van der Waals surface area contributed by atoms with E-state index >= 15 is 0 Å². The molecule has 4 heteroatoms. The van der Waals surface area contributed by atoms with Crippen LogP contribution in [-0.2, 0) is 4.79 Å². The number of aliphatic hydroxyl groups excluding tert-OH is 1. The van der Waals surface area contributed by atoms with Gasteiger partial charge in [-0.3, -0.25) is 9.69 Å². The Hall–Kier alpha value is -0.610. The van der Waals surface area contributed by atoms with Gasteiger partial charge < -0.3 is 10.4 Å². The summed E-state index contributed by atoms with van der Waals surface area (Å²) in [5.74, 6) is 0.518. The van der Waals surface area contributed by atoms with Crippen molar-refractivity contribution in [3.05, 3.63) is 0 Å². The first-order chi connectivity index (χ1) is 9.20. The van der Waals surface area contributed by atoms with Gasteiger partial charge in [0.1, 0.15) is 0 Å². The van der Waals surface area contributed by atoms with E-state index in [1.54, 1.807) is 0 Å². The molecule has 1 aliphatic carbocycles. The lowest BCUT2D eigenvalue weighted by molar-refractivity contribution is -0.127. The van der Waals surface area contributed by atoms with Gasteiger partial charge in [0.15, 0.2) is 0 Å². The van der Waals surface area contributed by atoms with Crippen molar-refractivity contribution in [1.82, 2.24) is 10.2 Å². The lowest BCUT2D eigenvalue weighted by Crippen LogP contribution is -2.51. The normalized spacial score (nSPS) is 28.0. The van der Waals surface area contributed by atoms with E-state index in [1.165, 1.54) is 19.3 Å². The van der Waals surface area contributed by atoms with Crippen LogP contribution in [0.25, 0.3) is 0 Å². The van der Waals surface area contributed by atoms with E-state index in [1.807, 2.05) is 6.92 Å². The molecule has 0 radical (unpaired) electrons. The molecule has 0 bridgehead atoms. The molecule has 1 amide bonds. The van der Waals surface area contributed by atoms with Gasteiger partial charge in [0.25, 0.3) is 0 Å². The standard InChI is InChI=1S/C15H28N2O2/c1-12(17-9-5-6-13(10-17)11-18)15(19)16-14-7-3-2-4-8-14/h12-14,18H,2-11H2,1H3,(H,16,19). The minimum absolute atomic E-state index is 0.0590. The fraction of sp³-hybridized carbons (Fsp3) is 0.933. The van der Waals surface area contributed by atoms with E-state index in [0.29, 0.717) is 12.0 Å². The van der Waals surface area contributed by atoms with Crippen molar-refractivity contribution in [2.45, 2.75) is 64.0 Å². The Morgan fingerprint density at radius 3 is 2.68 bits per heavy atom. The lowest BCUT2D eigenvalue weighted by atomic mass is 9.95. The molecule has 2 rings (SSSR count). The van der Waals surface area contributed by atoms with Crippen LogP contribution in [0.15, 0.2) is 0 Å². The predicted octanol–water partition coefficient (Wildman–Crippen LogP) is 1.53. The van der Waals surface area contributed by atoms with Crippen LogP contribution in [0, 0.1) is 5.92 Å². The summed E-state index contributed by atoms with van der Waals surface area (Å²) in [6.45, 7) is 4.08. The number of hydrogen-bond acceptors (Lipinski definition) is 3. The molecule has 2 unspecified atom stereocenters. The molecule has 19 heavy (non-hydrogen) atoms. The SMILES string of the molecule is CC(C(=O)NC1CCCCC1)N1CCCC(CO)C1. The van der Waals surface area contributed by atoms with Gasteiger partial charge in [-0.2, -0.15) is 0 Å². The Bertz CT molecular complexity index is 290. The van der Waals surface area contributed by atoms with E-state index in [4.69, 9.17) is 0 Å². The Kier molecular flexibility index (Phi) is 5.64. The quantitative estimate of drug-likeness (QED) is 0.813. The van der Waals surface area contributed by atoms with Crippen molar-refractivity contribution in [2.24, 2.45) is 5.92 Å². The second-order valence-corrected chi connectivity index (χ2v) is 6.21. The highest BCUT2D eigenvalue weighted by molar-refractivity contribution is 5.81. The zero-order valence-corrected chi connectivity index (χ0v) is 12.1. The Morgan fingerprint density at radius 1 is 1.26 bits per heavy atom. The van der Waals surface area contributed by atoms with E-state index in [2.05, 4.69) is 10.2 Å². The zero-order valence-electron chi connectivity index (χ0n) is 12.1. The number of carbonyl (C=O) groups excluding carboxylic acids is 1. The predicted molar refractivity (Wildman–Crippen MR) is 75.9 cm³/mol. The van der Waals surface area contributed by atoms with Crippen LogP contribution < -0.4 is 5.32 Å². The van der Waals surface area contributed by atoms with Crippen LogP contribution in [0.1, 0.15) is 51.9 Å². The number of amides is 1. The summed E-state index contributed by atoms with van der Waals surface area (Å²) < 4.78 is 0. The molecule has 1 saturated carbocycles. The van der Waals surface area contributed by atoms with Gasteiger partial charge in [-0.1, -0.05) is 19.3 Å². The van der Waals surface area contributed by atoms with Crippen LogP contribution in [0.4, 0.5) is 0 Å². The van der Waals surface area contributed by atoms with E-state index < -0.39 is 0 Å². The van der Waals surface area contributed by atoms with Crippen molar-refractivity contribution >= 4 is 5.91 Å². The van der Waals surface area contributed by atoms with E-state index in [0.717, 1.165) is 38.8 Å². The number of aliphatic hydroxyl groups is 1. The Morgan fingerprint density at radius 2 is 2.00 bits per heavy atom. The fourth-order valence-electron chi connectivity index (χ4n) is 3.33. The van der Waals surface area contributed by atoms with E-state index in [9.17, 15) is 9.90 Å². The molecule has 1 heterocycles. The second-order valence-electron chi connectivity index (χ2n) is 6.21. The second kappa shape index (κ2) is 7.25. The van der Waals surface area contributed by atoms with Gasteiger partial charge in [-0.15, -0.1) is 0 Å². The number of piperidine rings is 1. The molecule has 2 aliphatic rings. The van der Waals surface area contributed by atoms with Crippen molar-refractivity contribution in [3.63, 3.8) is 0 Å². The third kappa shape index (κ3) is 4.18. The fourth-order valence-corrected chi connectivity index (χ4v) is 3.33. The van der Waals surface area contributed by atoms with Gasteiger partial charge in [-0.25, -0.2) is 0 Å². The maximum Gasteiger partial charge on any atom is 0.237 e. The van der Waals surface area contributed by atoms with Crippen LogP contribution in [0.2, 0.25) is 0 Å². The summed E-state index contributed by atoms with van der Waals surface area (Å²) in [6, 6.07) is 0.332. The summed E-state index contributed by atoms with van der Waals surface area (Å²) in [6.07, 6.45) is 8.25. The van der Waals surface area contributed by atoms with Gasteiger partial charge in [0, 0.05) is 19.2 Å². The Balaban J connectivity index is 1.80. The van der Waals surface area contributed by atoms with Gasteiger partial charge in [-0.05, 0) is 45.1 Å². The molecule has 1 saturated heterocycles. The molecular weight excluding hydrogens is 240 g/mol. The molecule has 0 aromatic heterocycles. The summed E-state index contributed by atoms with van der Waals surface area (Å²) >= 11 is 0. The highest BCUT2D eigenvalue weighted by Gasteiger charge is 2.28. The molecule has 4 nitrogen and oxygen atoms in total. The van der Waals surface area contributed by atoms with Crippen LogP contribution >= 0.6 is 0 Å².